The van der Waals surface area contributed by atoms with Crippen LogP contribution in [-0.4, -0.2) is 32.0 Å². The predicted molar refractivity (Wildman–Crippen MR) is 63.0 cm³/mol. The van der Waals surface area contributed by atoms with Crippen LogP contribution in [0.1, 0.15) is 40.0 Å². The van der Waals surface area contributed by atoms with E-state index in [0.717, 1.165) is 13.0 Å². The van der Waals surface area contributed by atoms with Crippen LogP contribution in [0.4, 0.5) is 13.2 Å². The molecule has 0 radical (unpaired) electrons. The first-order chi connectivity index (χ1) is 7.81. The summed E-state index contributed by atoms with van der Waals surface area (Å²) in [6.07, 6.45) is -3.72. The van der Waals surface area contributed by atoms with Crippen LogP contribution in [0.3, 0.4) is 0 Å². The molecule has 1 N–H and O–H groups in total. The Kier molecular flexibility index (Phi) is 8.60. The van der Waals surface area contributed by atoms with Crippen LogP contribution >= 0.6 is 0 Å². The Morgan fingerprint density at radius 2 is 1.82 bits per heavy atom. The van der Waals surface area contributed by atoms with E-state index in [0.29, 0.717) is 12.5 Å². The Labute approximate surface area is 102 Å². The summed E-state index contributed by atoms with van der Waals surface area (Å²) >= 11 is 0. The van der Waals surface area contributed by atoms with Crippen LogP contribution in [0.25, 0.3) is 0 Å². The van der Waals surface area contributed by atoms with Gasteiger partial charge < -0.3 is 10.1 Å². The molecule has 0 spiro atoms. The molecule has 2 nitrogen and oxygen atoms in total. The zero-order chi connectivity index (χ0) is 13.3. The maximum Gasteiger partial charge on any atom is 0.389 e. The number of rotatable bonds is 9. The zero-order valence-corrected chi connectivity index (χ0v) is 10.9. The Hall–Kier alpha value is -0.290. The molecule has 0 aliphatic heterocycles. The highest BCUT2D eigenvalue weighted by Crippen LogP contribution is 2.21. The minimum atomic E-state index is -4.07. The lowest BCUT2D eigenvalue weighted by Crippen LogP contribution is -2.28. The van der Waals surface area contributed by atoms with Gasteiger partial charge >= 0.3 is 6.18 Å². The third-order valence-electron chi connectivity index (χ3n) is 2.34. The molecule has 0 heterocycles. The van der Waals surface area contributed by atoms with E-state index in [1.807, 2.05) is 6.92 Å². The molecule has 0 amide bonds. The smallest absolute Gasteiger partial charge is 0.377 e. The standard InChI is InChI=1S/C12H24F3NO/c1-10(2)5-7-16-9-11(3)17-8-4-6-12(13,14)15/h10-11,16H,4-9H2,1-3H3. The van der Waals surface area contributed by atoms with Crippen molar-refractivity contribution in [2.24, 2.45) is 5.92 Å². The summed E-state index contributed by atoms with van der Waals surface area (Å²) in [4.78, 5) is 0. The van der Waals surface area contributed by atoms with Crippen LogP contribution in [0.2, 0.25) is 0 Å². The molecule has 104 valence electrons. The quantitative estimate of drug-likeness (QED) is 0.638. The van der Waals surface area contributed by atoms with E-state index < -0.39 is 12.6 Å². The molecule has 0 aromatic carbocycles. The molecular formula is C12H24F3NO. The van der Waals surface area contributed by atoms with Gasteiger partial charge in [0.15, 0.2) is 0 Å². The first-order valence-electron chi connectivity index (χ1n) is 6.20. The molecule has 1 atom stereocenters. The van der Waals surface area contributed by atoms with E-state index in [9.17, 15) is 13.2 Å². The highest BCUT2D eigenvalue weighted by molar-refractivity contribution is 4.57. The summed E-state index contributed by atoms with van der Waals surface area (Å²) in [5, 5.41) is 3.23. The predicted octanol–water partition coefficient (Wildman–Crippen LogP) is 3.37. The maximum absolute atomic E-state index is 11.8. The van der Waals surface area contributed by atoms with Gasteiger partial charge in [0.25, 0.3) is 0 Å². The molecular weight excluding hydrogens is 231 g/mol. The normalized spacial score (nSPS) is 14.3. The number of hydrogen-bond donors (Lipinski definition) is 1. The second-order valence-electron chi connectivity index (χ2n) is 4.79. The van der Waals surface area contributed by atoms with Crippen molar-refractivity contribution in [2.45, 2.75) is 52.3 Å². The van der Waals surface area contributed by atoms with Gasteiger partial charge in [0.1, 0.15) is 0 Å². The third-order valence-corrected chi connectivity index (χ3v) is 2.34. The summed E-state index contributed by atoms with van der Waals surface area (Å²) in [7, 11) is 0. The van der Waals surface area contributed by atoms with Crippen LogP contribution in [-0.2, 0) is 4.74 Å². The van der Waals surface area contributed by atoms with Gasteiger partial charge in [0.2, 0.25) is 0 Å². The lowest BCUT2D eigenvalue weighted by Gasteiger charge is -2.15. The molecule has 0 aliphatic carbocycles. The Balaban J connectivity index is 3.32. The monoisotopic (exact) mass is 255 g/mol. The average molecular weight is 255 g/mol. The molecule has 0 aromatic heterocycles. The third kappa shape index (κ3) is 13.6. The van der Waals surface area contributed by atoms with Gasteiger partial charge in [-0.25, -0.2) is 0 Å². The first kappa shape index (κ1) is 16.7. The van der Waals surface area contributed by atoms with Crippen LogP contribution in [0.15, 0.2) is 0 Å². The molecule has 5 heteroatoms. The Morgan fingerprint density at radius 3 is 2.35 bits per heavy atom. The van der Waals surface area contributed by atoms with Crippen molar-refractivity contribution < 1.29 is 17.9 Å². The van der Waals surface area contributed by atoms with Gasteiger partial charge in [-0.2, -0.15) is 13.2 Å². The van der Waals surface area contributed by atoms with Crippen molar-refractivity contribution in [3.63, 3.8) is 0 Å². The Bertz CT molecular complexity index is 183. The molecule has 0 bridgehead atoms. The van der Waals surface area contributed by atoms with Crippen molar-refractivity contribution in [3.8, 4) is 0 Å². The first-order valence-corrected chi connectivity index (χ1v) is 6.20. The van der Waals surface area contributed by atoms with E-state index in [4.69, 9.17) is 4.74 Å². The van der Waals surface area contributed by atoms with Crippen molar-refractivity contribution in [1.29, 1.82) is 0 Å². The van der Waals surface area contributed by atoms with E-state index >= 15 is 0 Å². The minimum absolute atomic E-state index is 0.0320. The van der Waals surface area contributed by atoms with E-state index in [1.54, 1.807) is 0 Å². The number of ether oxygens (including phenoxy) is 1. The van der Waals surface area contributed by atoms with Gasteiger partial charge in [-0.1, -0.05) is 13.8 Å². The van der Waals surface area contributed by atoms with Gasteiger partial charge in [-0.3, -0.25) is 0 Å². The van der Waals surface area contributed by atoms with Crippen molar-refractivity contribution in [3.05, 3.63) is 0 Å². The Morgan fingerprint density at radius 1 is 1.18 bits per heavy atom. The molecule has 0 saturated carbocycles. The zero-order valence-electron chi connectivity index (χ0n) is 10.9. The van der Waals surface area contributed by atoms with Crippen LogP contribution in [0.5, 0.6) is 0 Å². The van der Waals surface area contributed by atoms with Gasteiger partial charge in [-0.15, -0.1) is 0 Å². The number of hydrogen-bond acceptors (Lipinski definition) is 2. The SMILES string of the molecule is CC(C)CCNCC(C)OCCCC(F)(F)F. The maximum atomic E-state index is 11.8. The van der Waals surface area contributed by atoms with Gasteiger partial charge in [0, 0.05) is 19.6 Å². The molecule has 0 aromatic rings. The lowest BCUT2D eigenvalue weighted by molar-refractivity contribution is -0.138. The molecule has 1 unspecified atom stereocenters. The van der Waals surface area contributed by atoms with E-state index in [2.05, 4.69) is 19.2 Å². The van der Waals surface area contributed by atoms with Crippen molar-refractivity contribution >= 4 is 0 Å². The number of alkyl halides is 3. The van der Waals surface area contributed by atoms with Crippen molar-refractivity contribution in [2.75, 3.05) is 19.7 Å². The molecule has 0 fully saturated rings. The summed E-state index contributed by atoms with van der Waals surface area (Å²) in [6, 6.07) is 0. The number of halogens is 3. The van der Waals surface area contributed by atoms with Crippen molar-refractivity contribution in [1.82, 2.24) is 5.32 Å². The van der Waals surface area contributed by atoms with E-state index in [1.165, 1.54) is 0 Å². The highest BCUT2D eigenvalue weighted by Gasteiger charge is 2.26. The minimum Gasteiger partial charge on any atom is -0.377 e. The highest BCUT2D eigenvalue weighted by atomic mass is 19.4. The summed E-state index contributed by atoms with van der Waals surface area (Å²) in [6.45, 7) is 7.96. The molecule has 0 aliphatic rings. The summed E-state index contributed by atoms with van der Waals surface area (Å²) in [5.41, 5.74) is 0. The largest absolute Gasteiger partial charge is 0.389 e. The van der Waals surface area contributed by atoms with Crippen LogP contribution in [0, 0.1) is 5.92 Å². The second-order valence-corrected chi connectivity index (χ2v) is 4.79. The van der Waals surface area contributed by atoms with E-state index in [-0.39, 0.29) is 19.1 Å². The fraction of sp³-hybridized carbons (Fsp3) is 1.00. The topological polar surface area (TPSA) is 21.3 Å². The molecule has 0 rings (SSSR count). The summed E-state index contributed by atoms with van der Waals surface area (Å²) < 4.78 is 40.8. The van der Waals surface area contributed by atoms with Gasteiger partial charge in [0.05, 0.1) is 6.10 Å². The second kappa shape index (κ2) is 8.75. The molecule has 17 heavy (non-hydrogen) atoms. The lowest BCUT2D eigenvalue weighted by atomic mass is 10.1. The fourth-order valence-corrected chi connectivity index (χ4v) is 1.31. The molecule has 0 saturated heterocycles. The summed E-state index contributed by atoms with van der Waals surface area (Å²) in [5.74, 6) is 0.658. The van der Waals surface area contributed by atoms with Gasteiger partial charge in [-0.05, 0) is 32.2 Å². The number of nitrogens with one attached hydrogen (secondary N) is 1. The van der Waals surface area contributed by atoms with Crippen LogP contribution < -0.4 is 5.32 Å². The average Bonchev–Trinajstić information content (AvgIpc) is 2.18. The fourth-order valence-electron chi connectivity index (χ4n) is 1.31.